The van der Waals surface area contributed by atoms with Gasteiger partial charge < -0.3 is 10.1 Å². The van der Waals surface area contributed by atoms with Crippen LogP contribution < -0.4 is 10.1 Å². The lowest BCUT2D eigenvalue weighted by Crippen LogP contribution is -2.29. The molecule has 1 saturated heterocycles. The normalized spacial score (nSPS) is 18.9. The largest absolute Gasteiger partial charge is 0.490 e. The van der Waals surface area contributed by atoms with E-state index < -0.39 is 0 Å². The molecule has 2 aliphatic carbocycles. The molecule has 0 bridgehead atoms. The summed E-state index contributed by atoms with van der Waals surface area (Å²) >= 11 is 8.28. The van der Waals surface area contributed by atoms with E-state index >= 15 is 0 Å². The van der Waals surface area contributed by atoms with Gasteiger partial charge in [-0.05, 0) is 87.1 Å². The number of thiophene rings is 1. The number of anilines is 1. The number of fused-ring (bicyclic) bond motifs is 1. The summed E-state index contributed by atoms with van der Waals surface area (Å²) in [6.07, 6.45) is 13.0. The number of carbonyl (C=O) groups is 2. The highest BCUT2D eigenvalue weighted by Crippen LogP contribution is 2.38. The third kappa shape index (κ3) is 6.31. The molecule has 198 valence electrons. The Labute approximate surface area is 237 Å². The topological polar surface area (TPSA) is 82.4 Å². The monoisotopic (exact) mass is 565 g/mol. The SMILES string of the molecule is N#Cc1c(NC(=O)CCCN2C(=O)/C(=C/c3ccc(OC4CCCCC4)cc3)SC2=S)sc2c1CCCC2. The Morgan fingerprint density at radius 2 is 1.92 bits per heavy atom. The Morgan fingerprint density at radius 3 is 2.68 bits per heavy atom. The Kier molecular flexibility index (Phi) is 8.82. The Morgan fingerprint density at radius 1 is 1.16 bits per heavy atom. The number of amides is 2. The fraction of sp³-hybridized carbons (Fsp3) is 0.448. The van der Waals surface area contributed by atoms with Gasteiger partial charge in [0.2, 0.25) is 5.91 Å². The van der Waals surface area contributed by atoms with E-state index in [4.69, 9.17) is 17.0 Å². The van der Waals surface area contributed by atoms with Crippen LogP contribution >= 0.6 is 35.3 Å². The van der Waals surface area contributed by atoms with Crippen LogP contribution in [-0.4, -0.2) is 33.7 Å². The van der Waals surface area contributed by atoms with Gasteiger partial charge in [-0.3, -0.25) is 14.5 Å². The van der Waals surface area contributed by atoms with Crippen molar-refractivity contribution in [2.24, 2.45) is 0 Å². The summed E-state index contributed by atoms with van der Waals surface area (Å²) in [5, 5.41) is 13.2. The molecule has 0 spiro atoms. The minimum absolute atomic E-state index is 0.124. The van der Waals surface area contributed by atoms with E-state index in [0.29, 0.717) is 38.9 Å². The number of nitriles is 1. The zero-order chi connectivity index (χ0) is 26.5. The summed E-state index contributed by atoms with van der Waals surface area (Å²) in [7, 11) is 0. The molecule has 2 heterocycles. The molecule has 9 heteroatoms. The van der Waals surface area contributed by atoms with Crippen LogP contribution in [0, 0.1) is 11.3 Å². The maximum Gasteiger partial charge on any atom is 0.266 e. The van der Waals surface area contributed by atoms with E-state index in [1.165, 1.54) is 47.2 Å². The van der Waals surface area contributed by atoms with Gasteiger partial charge in [-0.15, -0.1) is 11.3 Å². The average Bonchev–Trinajstić information content (AvgIpc) is 3.41. The smallest absolute Gasteiger partial charge is 0.266 e. The molecule has 0 unspecified atom stereocenters. The Balaban J connectivity index is 1.12. The molecule has 1 N–H and O–H groups in total. The summed E-state index contributed by atoms with van der Waals surface area (Å²) in [6, 6.07) is 10.1. The average molecular weight is 566 g/mol. The van der Waals surface area contributed by atoms with Crippen LogP contribution in [0.5, 0.6) is 5.75 Å². The van der Waals surface area contributed by atoms with Crippen LogP contribution in [0.1, 0.15) is 79.4 Å². The van der Waals surface area contributed by atoms with Gasteiger partial charge in [0.05, 0.1) is 16.6 Å². The van der Waals surface area contributed by atoms with Crippen molar-refractivity contribution in [1.82, 2.24) is 4.90 Å². The van der Waals surface area contributed by atoms with Gasteiger partial charge in [0, 0.05) is 17.8 Å². The number of hydrogen-bond acceptors (Lipinski definition) is 7. The molecule has 1 saturated carbocycles. The molecule has 0 atom stereocenters. The molecule has 1 aliphatic heterocycles. The molecule has 3 aliphatic rings. The highest BCUT2D eigenvalue weighted by Gasteiger charge is 2.31. The van der Waals surface area contributed by atoms with Crippen LogP contribution in [0.4, 0.5) is 5.00 Å². The Hall–Kier alpha value is -2.67. The van der Waals surface area contributed by atoms with Crippen LogP contribution in [0.25, 0.3) is 6.08 Å². The number of thiocarbonyl (C=S) groups is 1. The molecule has 6 nitrogen and oxygen atoms in total. The fourth-order valence-electron chi connectivity index (χ4n) is 5.22. The first-order valence-corrected chi connectivity index (χ1v) is 15.4. The summed E-state index contributed by atoms with van der Waals surface area (Å²) in [4.78, 5) is 29.0. The quantitative estimate of drug-likeness (QED) is 0.279. The third-order valence-electron chi connectivity index (χ3n) is 7.23. The summed E-state index contributed by atoms with van der Waals surface area (Å²) in [5.41, 5.74) is 2.65. The van der Waals surface area contributed by atoms with Crippen molar-refractivity contribution in [3.63, 3.8) is 0 Å². The Bertz CT molecular complexity index is 1290. The number of ether oxygens (including phenoxy) is 1. The van der Waals surface area contributed by atoms with Gasteiger partial charge in [-0.2, -0.15) is 5.26 Å². The molecule has 1 aromatic heterocycles. The van der Waals surface area contributed by atoms with Crippen molar-refractivity contribution < 1.29 is 14.3 Å². The number of benzene rings is 1. The molecule has 0 radical (unpaired) electrons. The summed E-state index contributed by atoms with van der Waals surface area (Å²) in [6.45, 7) is 0.385. The second-order valence-electron chi connectivity index (χ2n) is 9.96. The first kappa shape index (κ1) is 26.9. The number of carbonyl (C=O) groups excluding carboxylic acids is 2. The number of rotatable bonds is 8. The number of thioether (sulfide) groups is 1. The second kappa shape index (κ2) is 12.5. The lowest BCUT2D eigenvalue weighted by molar-refractivity contribution is -0.122. The molecule has 2 aromatic rings. The standard InChI is InChI=1S/C29H31N3O3S3/c30-18-23-22-9-4-5-10-24(22)37-27(23)31-26(33)11-6-16-32-28(34)25(38-29(32)36)17-19-12-14-21(15-13-19)35-20-7-2-1-3-8-20/h12-15,17,20H,1-11,16H2,(H,31,33)/b25-17-. The van der Waals surface area contributed by atoms with Gasteiger partial charge in [-0.1, -0.05) is 42.5 Å². The van der Waals surface area contributed by atoms with Crippen molar-refractivity contribution in [2.75, 3.05) is 11.9 Å². The van der Waals surface area contributed by atoms with Gasteiger partial charge in [0.15, 0.2) is 0 Å². The van der Waals surface area contributed by atoms with Crippen LogP contribution in [0.2, 0.25) is 0 Å². The first-order valence-electron chi connectivity index (χ1n) is 13.4. The molecule has 2 amide bonds. The van der Waals surface area contributed by atoms with E-state index in [1.807, 2.05) is 30.3 Å². The lowest BCUT2D eigenvalue weighted by Gasteiger charge is -2.22. The van der Waals surface area contributed by atoms with E-state index in [9.17, 15) is 14.9 Å². The number of nitrogens with one attached hydrogen (secondary N) is 1. The molecule has 38 heavy (non-hydrogen) atoms. The van der Waals surface area contributed by atoms with Crippen molar-refractivity contribution in [3.05, 3.63) is 50.7 Å². The minimum atomic E-state index is -0.142. The van der Waals surface area contributed by atoms with Crippen molar-refractivity contribution in [2.45, 2.75) is 76.7 Å². The highest BCUT2D eigenvalue weighted by molar-refractivity contribution is 8.26. The molecular weight excluding hydrogens is 535 g/mol. The number of aryl methyl sites for hydroxylation is 1. The van der Waals surface area contributed by atoms with Crippen molar-refractivity contribution >= 4 is 62.5 Å². The number of hydrogen-bond donors (Lipinski definition) is 1. The highest BCUT2D eigenvalue weighted by atomic mass is 32.2. The van der Waals surface area contributed by atoms with E-state index in [2.05, 4.69) is 11.4 Å². The van der Waals surface area contributed by atoms with E-state index in [-0.39, 0.29) is 18.2 Å². The lowest BCUT2D eigenvalue weighted by atomic mass is 9.96. The van der Waals surface area contributed by atoms with E-state index in [0.717, 1.165) is 55.4 Å². The number of nitrogens with zero attached hydrogens (tertiary/aromatic N) is 2. The maximum absolute atomic E-state index is 13.0. The van der Waals surface area contributed by atoms with Gasteiger partial charge >= 0.3 is 0 Å². The maximum atomic E-state index is 13.0. The van der Waals surface area contributed by atoms with Crippen molar-refractivity contribution in [1.29, 1.82) is 5.26 Å². The molecular formula is C29H31N3O3S3. The molecule has 2 fully saturated rings. The van der Waals surface area contributed by atoms with Gasteiger partial charge in [0.1, 0.15) is 21.1 Å². The van der Waals surface area contributed by atoms with Crippen molar-refractivity contribution in [3.8, 4) is 11.8 Å². The van der Waals surface area contributed by atoms with Crippen LogP contribution in [-0.2, 0) is 22.4 Å². The zero-order valence-corrected chi connectivity index (χ0v) is 23.7. The van der Waals surface area contributed by atoms with E-state index in [1.54, 1.807) is 4.90 Å². The molecule has 5 rings (SSSR count). The second-order valence-corrected chi connectivity index (χ2v) is 12.7. The predicted molar refractivity (Wildman–Crippen MR) is 157 cm³/mol. The van der Waals surface area contributed by atoms with Gasteiger partial charge in [0.25, 0.3) is 5.91 Å². The van der Waals surface area contributed by atoms with Crippen LogP contribution in [0.3, 0.4) is 0 Å². The third-order valence-corrected chi connectivity index (χ3v) is 9.81. The summed E-state index contributed by atoms with van der Waals surface area (Å²) < 4.78 is 6.61. The zero-order valence-electron chi connectivity index (χ0n) is 21.3. The molecule has 1 aromatic carbocycles. The fourth-order valence-corrected chi connectivity index (χ4v) is 7.79. The minimum Gasteiger partial charge on any atom is -0.490 e. The first-order chi connectivity index (χ1) is 18.5. The summed E-state index contributed by atoms with van der Waals surface area (Å²) in [5.74, 6) is 0.599. The predicted octanol–water partition coefficient (Wildman–Crippen LogP) is 6.83. The van der Waals surface area contributed by atoms with Gasteiger partial charge in [-0.25, -0.2) is 0 Å². The van der Waals surface area contributed by atoms with Crippen LogP contribution in [0.15, 0.2) is 29.2 Å².